The van der Waals surface area contributed by atoms with Gasteiger partial charge >= 0.3 is 0 Å². The number of aromatic nitrogens is 3. The van der Waals surface area contributed by atoms with Crippen molar-refractivity contribution in [3.05, 3.63) is 104 Å². The molecule has 1 aliphatic heterocycles. The third kappa shape index (κ3) is 4.83. The van der Waals surface area contributed by atoms with Crippen LogP contribution in [0.5, 0.6) is 0 Å². The largest absolute Gasteiger partial charge is 0.339 e. The lowest BCUT2D eigenvalue weighted by atomic mass is 10.0. The summed E-state index contributed by atoms with van der Waals surface area (Å²) in [7, 11) is 0. The molecule has 3 heterocycles. The second-order valence-corrected chi connectivity index (χ2v) is 9.22. The van der Waals surface area contributed by atoms with Crippen molar-refractivity contribution in [2.45, 2.75) is 38.9 Å². The molecule has 1 saturated heterocycles. The maximum atomic E-state index is 12.9. The van der Waals surface area contributed by atoms with Crippen LogP contribution in [0, 0.1) is 6.92 Å². The number of carbonyl (C=O) groups excluding carboxylic acids is 1. The average molecular weight is 472 g/mol. The van der Waals surface area contributed by atoms with E-state index in [4.69, 9.17) is 0 Å². The smallest absolute Gasteiger partial charge is 0.273 e. The van der Waals surface area contributed by atoms with Crippen LogP contribution in [0.4, 0.5) is 0 Å². The molecule has 8 heteroatoms. The first-order valence-electron chi connectivity index (χ1n) is 11.9. The third-order valence-corrected chi connectivity index (χ3v) is 6.90. The van der Waals surface area contributed by atoms with Crippen LogP contribution in [-0.2, 0) is 24.3 Å². The lowest BCUT2D eigenvalue weighted by Crippen LogP contribution is -2.60. The summed E-state index contributed by atoms with van der Waals surface area (Å²) in [5.41, 5.74) is 3.45. The zero-order chi connectivity index (χ0) is 24.4. The van der Waals surface area contributed by atoms with Gasteiger partial charge in [-0.25, -0.2) is 0 Å². The number of benzene rings is 2. The Kier molecular flexibility index (Phi) is 6.37. The van der Waals surface area contributed by atoms with Crippen molar-refractivity contribution in [1.82, 2.24) is 25.0 Å². The zero-order valence-electron chi connectivity index (χ0n) is 19.7. The number of amides is 1. The molecule has 3 N–H and O–H groups in total. The minimum atomic E-state index is -0.274. The number of nitrogens with zero attached hydrogens (tertiary/aromatic N) is 2. The molecular formula is C27H29N5O3. The SMILES string of the molecule is Cc1c(CCC(=O)N2CC(N(Cc3ccccc3)Cc3ccccc3)C2)c(=O)[nH]c2[nH][nH]c(=O)c12. The Morgan fingerprint density at radius 3 is 2.11 bits per heavy atom. The van der Waals surface area contributed by atoms with E-state index in [-0.39, 0.29) is 29.5 Å². The Morgan fingerprint density at radius 1 is 0.914 bits per heavy atom. The number of aryl methyl sites for hydroxylation is 1. The Hall–Kier alpha value is -3.91. The highest BCUT2D eigenvalue weighted by Gasteiger charge is 2.34. The van der Waals surface area contributed by atoms with E-state index in [0.29, 0.717) is 41.7 Å². The highest BCUT2D eigenvalue weighted by atomic mass is 16.2. The fraction of sp³-hybridized carbons (Fsp3) is 0.296. The molecule has 35 heavy (non-hydrogen) atoms. The van der Waals surface area contributed by atoms with Gasteiger partial charge in [-0.2, -0.15) is 0 Å². The number of H-pyrrole nitrogens is 3. The van der Waals surface area contributed by atoms with E-state index in [9.17, 15) is 14.4 Å². The third-order valence-electron chi connectivity index (χ3n) is 6.90. The van der Waals surface area contributed by atoms with E-state index in [2.05, 4.69) is 68.6 Å². The second kappa shape index (κ2) is 9.76. The van der Waals surface area contributed by atoms with Crippen LogP contribution in [0.2, 0.25) is 0 Å². The summed E-state index contributed by atoms with van der Waals surface area (Å²) < 4.78 is 0. The van der Waals surface area contributed by atoms with Gasteiger partial charge in [0.15, 0.2) is 0 Å². The first-order valence-corrected chi connectivity index (χ1v) is 11.9. The van der Waals surface area contributed by atoms with Crippen molar-refractivity contribution in [3.8, 4) is 0 Å². The molecule has 0 aliphatic carbocycles. The number of nitrogens with one attached hydrogen (secondary N) is 3. The van der Waals surface area contributed by atoms with E-state index in [1.807, 2.05) is 17.0 Å². The summed E-state index contributed by atoms with van der Waals surface area (Å²) in [5.74, 6) is 0.0301. The molecule has 2 aromatic carbocycles. The van der Waals surface area contributed by atoms with Crippen molar-refractivity contribution >= 4 is 16.9 Å². The number of likely N-dealkylation sites (tertiary alicyclic amines) is 1. The molecule has 8 nitrogen and oxygen atoms in total. The number of rotatable bonds is 8. The lowest BCUT2D eigenvalue weighted by molar-refractivity contribution is -0.139. The first-order chi connectivity index (χ1) is 17.0. The minimum Gasteiger partial charge on any atom is -0.339 e. The van der Waals surface area contributed by atoms with Crippen LogP contribution in [0.15, 0.2) is 70.3 Å². The van der Waals surface area contributed by atoms with Gasteiger partial charge < -0.3 is 9.88 Å². The van der Waals surface area contributed by atoms with Gasteiger partial charge in [0.1, 0.15) is 5.65 Å². The summed E-state index contributed by atoms with van der Waals surface area (Å²) in [5, 5.41) is 5.61. The van der Waals surface area contributed by atoms with Crippen molar-refractivity contribution in [3.63, 3.8) is 0 Å². The molecule has 4 aromatic rings. The van der Waals surface area contributed by atoms with E-state index >= 15 is 0 Å². The zero-order valence-corrected chi connectivity index (χ0v) is 19.7. The summed E-state index contributed by atoms with van der Waals surface area (Å²) in [4.78, 5) is 44.4. The van der Waals surface area contributed by atoms with Gasteiger partial charge in [-0.05, 0) is 30.0 Å². The van der Waals surface area contributed by atoms with Crippen LogP contribution in [0.1, 0.15) is 28.7 Å². The number of hydrogen-bond donors (Lipinski definition) is 3. The Balaban J connectivity index is 1.23. The van der Waals surface area contributed by atoms with Gasteiger partial charge in [-0.15, -0.1) is 0 Å². The van der Waals surface area contributed by atoms with Gasteiger partial charge in [-0.1, -0.05) is 60.7 Å². The Labute approximate surface area is 202 Å². The molecule has 0 atom stereocenters. The molecule has 0 radical (unpaired) electrons. The lowest BCUT2D eigenvalue weighted by Gasteiger charge is -2.45. The van der Waals surface area contributed by atoms with Crippen LogP contribution in [0.25, 0.3) is 11.0 Å². The normalized spacial score (nSPS) is 13.9. The van der Waals surface area contributed by atoms with Crippen LogP contribution >= 0.6 is 0 Å². The van der Waals surface area contributed by atoms with E-state index in [1.54, 1.807) is 6.92 Å². The van der Waals surface area contributed by atoms with Crippen molar-refractivity contribution < 1.29 is 4.79 Å². The molecule has 2 aromatic heterocycles. The molecule has 0 unspecified atom stereocenters. The molecule has 0 bridgehead atoms. The Morgan fingerprint density at radius 2 is 1.51 bits per heavy atom. The molecule has 1 aliphatic rings. The topological polar surface area (TPSA) is 105 Å². The van der Waals surface area contributed by atoms with Crippen molar-refractivity contribution in [2.24, 2.45) is 0 Å². The molecule has 5 rings (SSSR count). The minimum absolute atomic E-state index is 0.0301. The highest BCUT2D eigenvalue weighted by Crippen LogP contribution is 2.22. The quantitative estimate of drug-likeness (QED) is 0.367. The summed E-state index contributed by atoms with van der Waals surface area (Å²) >= 11 is 0. The maximum Gasteiger partial charge on any atom is 0.273 e. The standard InChI is InChI=1S/C27H29N5O3/c1-18-22(26(34)28-25-24(18)27(35)30-29-25)12-13-23(33)32-16-21(17-32)31(14-19-8-4-2-5-9-19)15-20-10-6-3-7-11-20/h2-11,21H,12-17H2,1H3,(H3,28,29,30,34,35). The number of carbonyl (C=O) groups is 1. The average Bonchev–Trinajstić information content (AvgIpc) is 3.19. The number of fused-ring (bicyclic) bond motifs is 1. The summed E-state index contributed by atoms with van der Waals surface area (Å²) in [6, 6.07) is 21.0. The van der Waals surface area contributed by atoms with E-state index < -0.39 is 0 Å². The van der Waals surface area contributed by atoms with Gasteiger partial charge in [0.05, 0.1) is 5.39 Å². The molecule has 0 saturated carbocycles. The summed E-state index contributed by atoms with van der Waals surface area (Å²) in [6.45, 7) is 4.74. The second-order valence-electron chi connectivity index (χ2n) is 9.22. The number of hydrogen-bond acceptors (Lipinski definition) is 4. The molecule has 0 spiro atoms. The van der Waals surface area contributed by atoms with Gasteiger partial charge in [0, 0.05) is 44.2 Å². The first kappa shape index (κ1) is 22.9. The van der Waals surface area contributed by atoms with Gasteiger partial charge in [-0.3, -0.25) is 29.5 Å². The molecule has 1 fully saturated rings. The highest BCUT2D eigenvalue weighted by molar-refractivity contribution is 5.80. The van der Waals surface area contributed by atoms with E-state index in [1.165, 1.54) is 11.1 Å². The number of pyridine rings is 1. The predicted molar refractivity (Wildman–Crippen MR) is 135 cm³/mol. The van der Waals surface area contributed by atoms with Crippen molar-refractivity contribution in [2.75, 3.05) is 13.1 Å². The van der Waals surface area contributed by atoms with Crippen LogP contribution in [0.3, 0.4) is 0 Å². The van der Waals surface area contributed by atoms with Crippen LogP contribution in [-0.4, -0.2) is 50.0 Å². The Bertz CT molecular complexity index is 1390. The van der Waals surface area contributed by atoms with Gasteiger partial charge in [0.2, 0.25) is 5.91 Å². The predicted octanol–water partition coefficient (Wildman–Crippen LogP) is 2.70. The number of aromatic amines is 3. The van der Waals surface area contributed by atoms with Crippen molar-refractivity contribution in [1.29, 1.82) is 0 Å². The van der Waals surface area contributed by atoms with E-state index in [0.717, 1.165) is 13.1 Å². The monoisotopic (exact) mass is 471 g/mol. The summed E-state index contributed by atoms with van der Waals surface area (Å²) in [6.07, 6.45) is 0.543. The fourth-order valence-corrected chi connectivity index (χ4v) is 4.85. The molecular weight excluding hydrogens is 442 g/mol. The molecule has 180 valence electrons. The van der Waals surface area contributed by atoms with Gasteiger partial charge in [0.25, 0.3) is 11.1 Å². The maximum absolute atomic E-state index is 12.9. The van der Waals surface area contributed by atoms with Crippen LogP contribution < -0.4 is 11.1 Å². The molecule has 1 amide bonds. The fourth-order valence-electron chi connectivity index (χ4n) is 4.85.